The van der Waals surface area contributed by atoms with E-state index in [9.17, 15) is 19.4 Å². The minimum atomic E-state index is -4.55. The second-order valence-corrected chi connectivity index (χ2v) is 18.1. The highest BCUT2D eigenvalue weighted by Crippen LogP contribution is 2.38. The summed E-state index contributed by atoms with van der Waals surface area (Å²) in [6.07, 6.45) is 54.0. The molecular weight excluding hydrogens is 744 g/mol. The van der Waals surface area contributed by atoms with Gasteiger partial charge in [-0.25, -0.2) is 0 Å². The number of hydrogen-bond donors (Lipinski definition) is 2. The Balaban J connectivity index is 3.95. The maximum atomic E-state index is 12.8. The zero-order valence-corrected chi connectivity index (χ0v) is 38.9. The predicted octanol–water partition coefficient (Wildman–Crippen LogP) is 12.6. The molecule has 0 fully saturated rings. The molecule has 0 aliphatic heterocycles. The number of carbonyl (C=O) groups is 1. The lowest BCUT2D eigenvalue weighted by molar-refractivity contribution is -0.870. The molecule has 3 atom stereocenters. The Hall–Kier alpha value is -2.06. The van der Waals surface area contributed by atoms with Crippen molar-refractivity contribution < 1.29 is 32.9 Å². The number of allylic oxidation sites excluding steroid dienone is 12. The fourth-order valence-corrected chi connectivity index (χ4v) is 7.00. The molecule has 0 aromatic rings. The molecule has 0 aromatic carbocycles. The molecule has 336 valence electrons. The second-order valence-electron chi connectivity index (χ2n) is 16.7. The van der Waals surface area contributed by atoms with Gasteiger partial charge >= 0.3 is 0 Å². The molecule has 9 heteroatoms. The number of nitrogens with one attached hydrogen (secondary N) is 1. The number of aliphatic hydroxyl groups excluding tert-OH is 1. The molecule has 0 spiro atoms. The van der Waals surface area contributed by atoms with E-state index < -0.39 is 20.0 Å². The molecule has 2 N–H and O–H groups in total. The number of aliphatic hydroxyl groups is 1. The first-order chi connectivity index (χ1) is 28.0. The third-order valence-electron chi connectivity index (χ3n) is 9.96. The highest BCUT2D eigenvalue weighted by atomic mass is 31.2. The first-order valence-electron chi connectivity index (χ1n) is 23.3. The highest BCUT2D eigenvalue weighted by molar-refractivity contribution is 7.45. The van der Waals surface area contributed by atoms with Crippen LogP contribution in [0.3, 0.4) is 0 Å². The number of rotatable bonds is 41. The van der Waals surface area contributed by atoms with Crippen molar-refractivity contribution in [3.05, 3.63) is 72.9 Å². The summed E-state index contributed by atoms with van der Waals surface area (Å²) in [6.45, 7) is 4.49. The Bertz CT molecular complexity index is 1170. The van der Waals surface area contributed by atoms with E-state index in [-0.39, 0.29) is 19.1 Å². The summed E-state index contributed by atoms with van der Waals surface area (Å²) in [5.41, 5.74) is 0. The summed E-state index contributed by atoms with van der Waals surface area (Å²) >= 11 is 0. The standard InChI is InChI=1S/C49H89N2O6P/c1-6-8-10-12-13-14-15-16-17-18-19-20-21-22-23-24-25-26-27-28-29-30-31-32-33-34-35-36-37-39-41-43-49(53)50-47(48(52)42-40-38-11-9-7-2)46-57-58(54,55)56-45-44-51(3,4)5/h8,10,13-14,16-17,19-20,22-23,25-26,47-48,52H,6-7,9,11-12,15,18,21,24,27-46H2,1-5H3,(H-,50,53,54,55)/b10-8-,14-13-,17-16-,20-19-,23-22-,26-25-. The van der Waals surface area contributed by atoms with Crippen LogP contribution in [-0.2, 0) is 18.4 Å². The van der Waals surface area contributed by atoms with Crippen molar-refractivity contribution in [1.29, 1.82) is 0 Å². The van der Waals surface area contributed by atoms with E-state index in [1.807, 2.05) is 21.1 Å². The monoisotopic (exact) mass is 833 g/mol. The fourth-order valence-electron chi connectivity index (χ4n) is 6.28. The molecular formula is C49H89N2O6P. The van der Waals surface area contributed by atoms with E-state index >= 15 is 0 Å². The third-order valence-corrected chi connectivity index (χ3v) is 10.9. The lowest BCUT2D eigenvalue weighted by Gasteiger charge is -2.30. The van der Waals surface area contributed by atoms with Crippen molar-refractivity contribution in [2.24, 2.45) is 0 Å². The van der Waals surface area contributed by atoms with Gasteiger partial charge in [0.05, 0.1) is 39.9 Å². The van der Waals surface area contributed by atoms with Crippen LogP contribution in [0, 0.1) is 0 Å². The molecule has 0 rings (SSSR count). The van der Waals surface area contributed by atoms with E-state index in [0.717, 1.165) is 89.9 Å². The van der Waals surface area contributed by atoms with Crippen LogP contribution >= 0.6 is 7.82 Å². The number of phosphoric acid groups is 1. The molecule has 0 saturated carbocycles. The number of amides is 1. The zero-order valence-electron chi connectivity index (χ0n) is 38.0. The summed E-state index contributed by atoms with van der Waals surface area (Å²) in [7, 11) is 1.29. The maximum Gasteiger partial charge on any atom is 0.268 e. The summed E-state index contributed by atoms with van der Waals surface area (Å²) in [5.74, 6) is -0.178. The van der Waals surface area contributed by atoms with Gasteiger partial charge in [0.15, 0.2) is 0 Å². The maximum absolute atomic E-state index is 12.8. The average molecular weight is 833 g/mol. The van der Waals surface area contributed by atoms with E-state index in [4.69, 9.17) is 9.05 Å². The molecule has 0 aromatic heterocycles. The van der Waals surface area contributed by atoms with Crippen molar-refractivity contribution in [1.82, 2.24) is 5.32 Å². The van der Waals surface area contributed by atoms with Gasteiger partial charge in [0.2, 0.25) is 5.91 Å². The number of likely N-dealkylation sites (N-methyl/N-ethyl adjacent to an activating group) is 1. The van der Waals surface area contributed by atoms with Gasteiger partial charge in [0, 0.05) is 6.42 Å². The Kier molecular flexibility index (Phi) is 38.9. The molecule has 0 radical (unpaired) electrons. The summed E-state index contributed by atoms with van der Waals surface area (Å²) in [4.78, 5) is 25.1. The van der Waals surface area contributed by atoms with Gasteiger partial charge in [-0.3, -0.25) is 9.36 Å². The lowest BCUT2D eigenvalue weighted by Crippen LogP contribution is -2.46. The van der Waals surface area contributed by atoms with E-state index in [0.29, 0.717) is 23.9 Å². The first-order valence-corrected chi connectivity index (χ1v) is 24.7. The summed E-state index contributed by atoms with van der Waals surface area (Å²) in [5, 5.41) is 13.7. The van der Waals surface area contributed by atoms with Crippen molar-refractivity contribution in [3.8, 4) is 0 Å². The molecule has 0 saturated heterocycles. The summed E-state index contributed by atoms with van der Waals surface area (Å²) < 4.78 is 23.1. The summed E-state index contributed by atoms with van der Waals surface area (Å²) in [6, 6.07) is -0.800. The van der Waals surface area contributed by atoms with Crippen molar-refractivity contribution in [2.45, 2.75) is 193 Å². The number of hydrogen-bond acceptors (Lipinski definition) is 6. The Labute approximate surface area is 357 Å². The van der Waals surface area contributed by atoms with E-state index in [1.165, 1.54) is 64.2 Å². The first kappa shape index (κ1) is 55.9. The molecule has 0 aliphatic carbocycles. The van der Waals surface area contributed by atoms with E-state index in [1.54, 1.807) is 0 Å². The van der Waals surface area contributed by atoms with Crippen LogP contribution in [0.2, 0.25) is 0 Å². The Morgan fingerprint density at radius 3 is 1.53 bits per heavy atom. The quantitative estimate of drug-likeness (QED) is 0.0275. The smallest absolute Gasteiger partial charge is 0.268 e. The molecule has 0 bridgehead atoms. The van der Waals surface area contributed by atoms with Crippen LogP contribution in [0.4, 0.5) is 0 Å². The Morgan fingerprint density at radius 2 is 1.05 bits per heavy atom. The van der Waals surface area contributed by atoms with Gasteiger partial charge in [0.25, 0.3) is 7.82 Å². The van der Waals surface area contributed by atoms with Gasteiger partial charge in [-0.05, 0) is 64.2 Å². The van der Waals surface area contributed by atoms with Crippen LogP contribution < -0.4 is 10.2 Å². The van der Waals surface area contributed by atoms with Crippen LogP contribution in [0.1, 0.15) is 181 Å². The minimum absolute atomic E-state index is 0.00806. The molecule has 0 heterocycles. The zero-order chi connectivity index (χ0) is 42.8. The molecule has 1 amide bonds. The molecule has 58 heavy (non-hydrogen) atoms. The van der Waals surface area contributed by atoms with Gasteiger partial charge in [-0.15, -0.1) is 0 Å². The number of carbonyl (C=O) groups excluding carboxylic acids is 1. The van der Waals surface area contributed by atoms with Crippen LogP contribution in [-0.4, -0.2) is 68.5 Å². The van der Waals surface area contributed by atoms with Gasteiger partial charge in [0.1, 0.15) is 13.2 Å². The number of phosphoric ester groups is 1. The van der Waals surface area contributed by atoms with Crippen molar-refractivity contribution in [3.63, 3.8) is 0 Å². The fraction of sp³-hybridized carbons (Fsp3) is 0.735. The number of quaternary nitrogens is 1. The Morgan fingerprint density at radius 1 is 0.621 bits per heavy atom. The third kappa shape index (κ3) is 42.1. The largest absolute Gasteiger partial charge is 0.756 e. The van der Waals surface area contributed by atoms with Crippen molar-refractivity contribution >= 4 is 13.7 Å². The minimum Gasteiger partial charge on any atom is -0.756 e. The van der Waals surface area contributed by atoms with Crippen LogP contribution in [0.15, 0.2) is 72.9 Å². The number of nitrogens with zero attached hydrogens (tertiary/aromatic N) is 1. The normalized spacial score (nSPS) is 14.9. The van der Waals surface area contributed by atoms with Gasteiger partial charge < -0.3 is 28.8 Å². The average Bonchev–Trinajstić information content (AvgIpc) is 3.17. The number of unbranched alkanes of at least 4 members (excludes halogenated alkanes) is 16. The topological polar surface area (TPSA) is 108 Å². The van der Waals surface area contributed by atoms with Crippen LogP contribution in [0.5, 0.6) is 0 Å². The molecule has 8 nitrogen and oxygen atoms in total. The highest BCUT2D eigenvalue weighted by Gasteiger charge is 2.24. The SMILES string of the molecule is CC/C=C\C/C=C\C/C=C\C/C=C\C/C=C\C/C=C\CCCCCCCCCCCCCCC(=O)NC(COP(=O)([O-])OCC[N+](C)(C)C)C(O)CCCCCCC. The van der Waals surface area contributed by atoms with E-state index in [2.05, 4.69) is 92.1 Å². The van der Waals surface area contributed by atoms with Crippen molar-refractivity contribution in [2.75, 3.05) is 40.9 Å². The van der Waals surface area contributed by atoms with Gasteiger partial charge in [-0.1, -0.05) is 183 Å². The van der Waals surface area contributed by atoms with Crippen LogP contribution in [0.25, 0.3) is 0 Å². The van der Waals surface area contributed by atoms with Gasteiger partial charge in [-0.2, -0.15) is 0 Å². The lowest BCUT2D eigenvalue weighted by atomic mass is 10.0. The molecule has 0 aliphatic rings. The predicted molar refractivity (Wildman–Crippen MR) is 247 cm³/mol. The second kappa shape index (κ2) is 40.4. The molecule has 3 unspecified atom stereocenters.